The Labute approximate surface area is 182 Å². The molecule has 2 nitrogen and oxygen atoms in total. The fraction of sp³-hybridized carbons (Fsp3) is 0.500. The molecule has 156 valence electrons. The first-order valence-electron chi connectivity index (χ1n) is 11.8. The number of benzene rings is 2. The smallest absolute Gasteiger partial charge is 0.101 e. The van der Waals surface area contributed by atoms with Gasteiger partial charge >= 0.3 is 0 Å². The highest BCUT2D eigenvalue weighted by Crippen LogP contribution is 2.41. The van der Waals surface area contributed by atoms with Gasteiger partial charge in [0, 0.05) is 5.56 Å². The molecule has 1 aliphatic rings. The molecular weight excluding hydrogens is 364 g/mol. The summed E-state index contributed by atoms with van der Waals surface area (Å²) < 4.78 is 0. The van der Waals surface area contributed by atoms with Crippen LogP contribution in [0, 0.1) is 28.6 Å². The topological polar surface area (TPSA) is 47.6 Å². The molecule has 2 aromatic rings. The summed E-state index contributed by atoms with van der Waals surface area (Å²) in [6.45, 7) is 4.44. The number of hydrogen-bond acceptors (Lipinski definition) is 2. The predicted octanol–water partition coefficient (Wildman–Crippen LogP) is 7.90. The van der Waals surface area contributed by atoms with E-state index in [0.29, 0.717) is 17.0 Å². The number of nitrogens with zero attached hydrogens (tertiary/aromatic N) is 2. The standard InChI is InChI=1S/C28H34N2/c1-3-5-6-8-22-11-15-24(16-12-22)26-18-17-25(27(19-29)28(26)20-30)23-13-9-21(7-4-2)10-14-23/h9-10,13-14,17-18,22,24H,3-8,11-12,15-16H2,1-2H3/t22-,24-. The van der Waals surface area contributed by atoms with Gasteiger partial charge in [-0.05, 0) is 60.6 Å². The van der Waals surface area contributed by atoms with E-state index >= 15 is 0 Å². The van der Waals surface area contributed by atoms with E-state index in [-0.39, 0.29) is 0 Å². The zero-order chi connectivity index (χ0) is 21.3. The van der Waals surface area contributed by atoms with Gasteiger partial charge in [0.25, 0.3) is 0 Å². The molecule has 1 aliphatic carbocycles. The first-order valence-corrected chi connectivity index (χ1v) is 11.8. The van der Waals surface area contributed by atoms with Crippen molar-refractivity contribution in [3.8, 4) is 23.3 Å². The van der Waals surface area contributed by atoms with Crippen LogP contribution in [0.1, 0.15) is 99.8 Å². The van der Waals surface area contributed by atoms with Gasteiger partial charge in [0.2, 0.25) is 0 Å². The highest BCUT2D eigenvalue weighted by Gasteiger charge is 2.26. The third-order valence-corrected chi connectivity index (χ3v) is 6.77. The monoisotopic (exact) mass is 398 g/mol. The zero-order valence-electron chi connectivity index (χ0n) is 18.6. The van der Waals surface area contributed by atoms with E-state index in [1.807, 2.05) is 0 Å². The summed E-state index contributed by atoms with van der Waals surface area (Å²) in [7, 11) is 0. The van der Waals surface area contributed by atoms with Gasteiger partial charge in [-0.15, -0.1) is 0 Å². The van der Waals surface area contributed by atoms with Crippen LogP contribution in [0.25, 0.3) is 11.1 Å². The van der Waals surface area contributed by atoms with Gasteiger partial charge in [-0.1, -0.05) is 82.3 Å². The molecular formula is C28H34N2. The van der Waals surface area contributed by atoms with Crippen LogP contribution in [0.3, 0.4) is 0 Å². The molecule has 0 heterocycles. The number of aryl methyl sites for hydroxylation is 1. The Hall–Kier alpha value is -2.58. The van der Waals surface area contributed by atoms with Gasteiger partial charge in [-0.2, -0.15) is 10.5 Å². The second-order valence-corrected chi connectivity index (χ2v) is 8.84. The first kappa shape index (κ1) is 22.1. The second-order valence-electron chi connectivity index (χ2n) is 8.84. The third-order valence-electron chi connectivity index (χ3n) is 6.77. The molecule has 0 unspecified atom stereocenters. The second kappa shape index (κ2) is 11.0. The molecule has 0 N–H and O–H groups in total. The van der Waals surface area contributed by atoms with Crippen molar-refractivity contribution < 1.29 is 0 Å². The number of nitriles is 2. The Balaban J connectivity index is 1.81. The normalized spacial score (nSPS) is 18.5. The lowest BCUT2D eigenvalue weighted by Crippen LogP contribution is -2.15. The molecule has 0 atom stereocenters. The lowest BCUT2D eigenvalue weighted by atomic mass is 9.75. The van der Waals surface area contributed by atoms with E-state index < -0.39 is 0 Å². The zero-order valence-corrected chi connectivity index (χ0v) is 18.6. The van der Waals surface area contributed by atoms with Crippen molar-refractivity contribution in [2.75, 3.05) is 0 Å². The van der Waals surface area contributed by atoms with Crippen molar-refractivity contribution in [2.24, 2.45) is 5.92 Å². The Morgan fingerprint density at radius 3 is 2.10 bits per heavy atom. The average Bonchev–Trinajstić information content (AvgIpc) is 2.79. The lowest BCUT2D eigenvalue weighted by Gasteiger charge is -2.29. The molecule has 0 spiro atoms. The van der Waals surface area contributed by atoms with Crippen LogP contribution in [0.5, 0.6) is 0 Å². The minimum Gasteiger partial charge on any atom is -0.192 e. The van der Waals surface area contributed by atoms with Crippen LogP contribution in [0.15, 0.2) is 36.4 Å². The van der Waals surface area contributed by atoms with Crippen LogP contribution in [-0.4, -0.2) is 0 Å². The summed E-state index contributed by atoms with van der Waals surface area (Å²) >= 11 is 0. The maximum atomic E-state index is 9.94. The number of rotatable bonds is 8. The number of hydrogen-bond donors (Lipinski definition) is 0. The van der Waals surface area contributed by atoms with Crippen molar-refractivity contribution in [3.05, 3.63) is 58.7 Å². The van der Waals surface area contributed by atoms with Crippen molar-refractivity contribution in [2.45, 2.75) is 84.0 Å². The van der Waals surface area contributed by atoms with Gasteiger partial charge in [0.15, 0.2) is 0 Å². The molecule has 0 aliphatic heterocycles. The Bertz CT molecular complexity index is 903. The van der Waals surface area contributed by atoms with Gasteiger partial charge in [-0.3, -0.25) is 0 Å². The van der Waals surface area contributed by atoms with Gasteiger partial charge in [0.05, 0.1) is 11.1 Å². The van der Waals surface area contributed by atoms with E-state index in [2.05, 4.69) is 62.4 Å². The molecule has 1 fully saturated rings. The quantitative estimate of drug-likeness (QED) is 0.424. The molecule has 0 radical (unpaired) electrons. The van der Waals surface area contributed by atoms with Crippen LogP contribution in [-0.2, 0) is 6.42 Å². The molecule has 30 heavy (non-hydrogen) atoms. The summed E-state index contributed by atoms with van der Waals surface area (Å²) in [5.74, 6) is 1.25. The van der Waals surface area contributed by atoms with Crippen molar-refractivity contribution >= 4 is 0 Å². The van der Waals surface area contributed by atoms with Crippen molar-refractivity contribution in [3.63, 3.8) is 0 Å². The summed E-state index contributed by atoms with van der Waals surface area (Å²) in [6.07, 6.45) is 12.3. The molecule has 0 bridgehead atoms. The Morgan fingerprint density at radius 2 is 1.50 bits per heavy atom. The predicted molar refractivity (Wildman–Crippen MR) is 124 cm³/mol. The fourth-order valence-corrected chi connectivity index (χ4v) is 5.02. The van der Waals surface area contributed by atoms with E-state index in [1.165, 1.54) is 44.1 Å². The van der Waals surface area contributed by atoms with Crippen LogP contribution in [0.2, 0.25) is 0 Å². The maximum Gasteiger partial charge on any atom is 0.101 e. The van der Waals surface area contributed by atoms with Crippen LogP contribution >= 0.6 is 0 Å². The van der Waals surface area contributed by atoms with Gasteiger partial charge in [-0.25, -0.2) is 0 Å². The summed E-state index contributed by atoms with van der Waals surface area (Å²) in [5, 5.41) is 19.9. The molecule has 0 amide bonds. The molecule has 0 saturated heterocycles. The van der Waals surface area contributed by atoms with E-state index in [4.69, 9.17) is 0 Å². The molecule has 2 heteroatoms. The van der Waals surface area contributed by atoms with Crippen molar-refractivity contribution in [1.82, 2.24) is 0 Å². The molecule has 0 aromatic heterocycles. The molecule has 3 rings (SSSR count). The minimum atomic E-state index is 0.412. The Kier molecular flexibility index (Phi) is 8.10. The minimum absolute atomic E-state index is 0.412. The third kappa shape index (κ3) is 5.12. The van der Waals surface area contributed by atoms with Crippen molar-refractivity contribution in [1.29, 1.82) is 10.5 Å². The van der Waals surface area contributed by atoms with Gasteiger partial charge in [0.1, 0.15) is 12.1 Å². The first-order chi connectivity index (χ1) is 14.7. The SMILES string of the molecule is CCCCC[C@H]1CC[C@H](c2ccc(-c3ccc(CCC)cc3)c(C#N)c2C#N)CC1. The maximum absolute atomic E-state index is 9.94. The summed E-state index contributed by atoms with van der Waals surface area (Å²) in [6, 6.07) is 17.4. The highest BCUT2D eigenvalue weighted by molar-refractivity contribution is 5.75. The van der Waals surface area contributed by atoms with Crippen LogP contribution in [0.4, 0.5) is 0 Å². The fourth-order valence-electron chi connectivity index (χ4n) is 5.02. The Morgan fingerprint density at radius 1 is 0.800 bits per heavy atom. The van der Waals surface area contributed by atoms with Gasteiger partial charge < -0.3 is 0 Å². The molecule has 2 aromatic carbocycles. The van der Waals surface area contributed by atoms with Crippen LogP contribution < -0.4 is 0 Å². The van der Waals surface area contributed by atoms with E-state index in [1.54, 1.807) is 0 Å². The summed E-state index contributed by atoms with van der Waals surface area (Å²) in [5.41, 5.74) is 5.45. The number of unbranched alkanes of at least 4 members (excludes halogenated alkanes) is 2. The van der Waals surface area contributed by atoms with E-state index in [0.717, 1.165) is 48.3 Å². The van der Waals surface area contributed by atoms with E-state index in [9.17, 15) is 10.5 Å². The lowest BCUT2D eigenvalue weighted by molar-refractivity contribution is 0.302. The average molecular weight is 399 g/mol. The molecule has 1 saturated carbocycles. The highest BCUT2D eigenvalue weighted by atomic mass is 14.3. The largest absolute Gasteiger partial charge is 0.192 e. The summed E-state index contributed by atoms with van der Waals surface area (Å²) in [4.78, 5) is 0.